The van der Waals surface area contributed by atoms with Gasteiger partial charge in [0.05, 0.1) is 0 Å². The Morgan fingerprint density at radius 2 is 1.50 bits per heavy atom. The first-order chi connectivity index (χ1) is 5.70. The first kappa shape index (κ1) is 12.9. The van der Waals surface area contributed by atoms with E-state index in [0.717, 1.165) is 5.92 Å². The van der Waals surface area contributed by atoms with Crippen molar-refractivity contribution in [3.8, 4) is 0 Å². The van der Waals surface area contributed by atoms with E-state index in [2.05, 4.69) is 38.0 Å². The van der Waals surface area contributed by atoms with E-state index in [1.165, 1.54) is 38.1 Å². The van der Waals surface area contributed by atoms with Gasteiger partial charge in [0.25, 0.3) is 0 Å². The second-order valence-electron chi connectivity index (χ2n) is 3.50. The van der Waals surface area contributed by atoms with Gasteiger partial charge in [-0.15, -0.1) is 0 Å². The van der Waals surface area contributed by atoms with Crippen molar-refractivity contribution in [3.63, 3.8) is 0 Å². The number of hydrogen-bond donors (Lipinski definition) is 2. The molecule has 0 N–H and O–H groups in total. The standard InChI is InChI=1S/C9H22S2Si/c1-3-5-9(6-4-2)7-8-12(10)11/h9-12H,3-8H2,1-2H3. The minimum absolute atomic E-state index is 0.888. The number of hydrogen-bond acceptors (Lipinski definition) is 2. The zero-order chi connectivity index (χ0) is 9.40. The SMILES string of the molecule is CCCC(CCC)CC[SiH](S)S. The summed E-state index contributed by atoms with van der Waals surface area (Å²) in [6.07, 6.45) is 6.82. The molecule has 0 rings (SSSR count). The normalized spacial score (nSPS) is 11.5. The Bertz CT molecular complexity index is 90.5. The Balaban J connectivity index is 3.48. The minimum atomic E-state index is -0.888. The Morgan fingerprint density at radius 3 is 1.83 bits per heavy atom. The van der Waals surface area contributed by atoms with Gasteiger partial charge in [0.1, 0.15) is 0 Å². The summed E-state index contributed by atoms with van der Waals surface area (Å²) in [5, 5.41) is 0. The number of rotatable bonds is 7. The summed E-state index contributed by atoms with van der Waals surface area (Å²) in [6.45, 7) is 4.55. The molecule has 0 heterocycles. The summed E-state index contributed by atoms with van der Waals surface area (Å²) in [4.78, 5) is 0. The zero-order valence-electron chi connectivity index (χ0n) is 8.29. The van der Waals surface area contributed by atoms with Crippen LogP contribution in [0.5, 0.6) is 0 Å². The molecule has 0 aliphatic carbocycles. The lowest BCUT2D eigenvalue weighted by molar-refractivity contribution is 0.427. The molecule has 0 aliphatic rings. The summed E-state index contributed by atoms with van der Waals surface area (Å²) in [7, 11) is -0.888. The maximum absolute atomic E-state index is 4.41. The zero-order valence-corrected chi connectivity index (χ0v) is 11.2. The first-order valence-electron chi connectivity index (χ1n) is 5.06. The average molecular weight is 222 g/mol. The maximum Gasteiger partial charge on any atom is 0.153 e. The molecule has 0 atom stereocenters. The third kappa shape index (κ3) is 7.56. The molecule has 0 radical (unpaired) electrons. The lowest BCUT2D eigenvalue weighted by Gasteiger charge is -2.15. The summed E-state index contributed by atoms with van der Waals surface area (Å²) < 4.78 is 0. The molecule has 0 aromatic carbocycles. The monoisotopic (exact) mass is 222 g/mol. The van der Waals surface area contributed by atoms with Gasteiger partial charge in [0.15, 0.2) is 7.10 Å². The van der Waals surface area contributed by atoms with Gasteiger partial charge >= 0.3 is 0 Å². The fourth-order valence-electron chi connectivity index (χ4n) is 1.63. The van der Waals surface area contributed by atoms with Crippen LogP contribution in [0.3, 0.4) is 0 Å². The van der Waals surface area contributed by atoms with Crippen molar-refractivity contribution >= 4 is 31.3 Å². The Kier molecular flexibility index (Phi) is 9.16. The van der Waals surface area contributed by atoms with Gasteiger partial charge in [-0.2, -0.15) is 24.2 Å². The van der Waals surface area contributed by atoms with Gasteiger partial charge in [0, 0.05) is 0 Å². The molecule has 0 aromatic heterocycles. The molecule has 74 valence electrons. The summed E-state index contributed by atoms with van der Waals surface area (Å²) in [5.74, 6) is 0.953. The maximum atomic E-state index is 4.41. The second kappa shape index (κ2) is 8.51. The lowest BCUT2D eigenvalue weighted by Crippen LogP contribution is -2.03. The van der Waals surface area contributed by atoms with Crippen LogP contribution >= 0.6 is 24.2 Å². The van der Waals surface area contributed by atoms with E-state index in [1.807, 2.05) is 0 Å². The van der Waals surface area contributed by atoms with Crippen molar-refractivity contribution in [2.75, 3.05) is 0 Å². The highest BCUT2D eigenvalue weighted by Gasteiger charge is 2.08. The van der Waals surface area contributed by atoms with Gasteiger partial charge in [-0.1, -0.05) is 46.0 Å². The second-order valence-corrected chi connectivity index (χ2v) is 10.0. The van der Waals surface area contributed by atoms with Crippen LogP contribution in [-0.4, -0.2) is 7.10 Å². The van der Waals surface area contributed by atoms with Crippen LogP contribution in [0, 0.1) is 5.92 Å². The Hall–Kier alpha value is 0.917. The molecular formula is C9H22S2Si. The summed E-state index contributed by atoms with van der Waals surface area (Å²) in [5.41, 5.74) is 0. The van der Waals surface area contributed by atoms with E-state index < -0.39 is 7.10 Å². The Morgan fingerprint density at radius 1 is 1.00 bits per heavy atom. The van der Waals surface area contributed by atoms with Gasteiger partial charge in [-0.3, -0.25) is 0 Å². The average Bonchev–Trinajstić information content (AvgIpc) is 2.01. The fourth-order valence-corrected chi connectivity index (χ4v) is 3.30. The molecule has 0 spiro atoms. The molecule has 3 heteroatoms. The fraction of sp³-hybridized carbons (Fsp3) is 1.00. The molecule has 0 aromatic rings. The first-order valence-corrected chi connectivity index (χ1v) is 10.0. The largest absolute Gasteiger partial charge is 0.193 e. The van der Waals surface area contributed by atoms with Crippen LogP contribution < -0.4 is 0 Å². The van der Waals surface area contributed by atoms with Gasteiger partial charge in [0.2, 0.25) is 0 Å². The number of thiol groups is 2. The van der Waals surface area contributed by atoms with Gasteiger partial charge in [-0.05, 0) is 12.0 Å². The third-order valence-electron chi connectivity index (χ3n) is 2.23. The van der Waals surface area contributed by atoms with Crippen molar-refractivity contribution < 1.29 is 0 Å². The molecule has 0 bridgehead atoms. The van der Waals surface area contributed by atoms with Gasteiger partial charge in [-0.25, -0.2) is 0 Å². The van der Waals surface area contributed by atoms with E-state index in [4.69, 9.17) is 0 Å². The van der Waals surface area contributed by atoms with Crippen LogP contribution in [0.25, 0.3) is 0 Å². The summed E-state index contributed by atoms with van der Waals surface area (Å²) >= 11 is 8.82. The van der Waals surface area contributed by atoms with Gasteiger partial charge < -0.3 is 0 Å². The summed E-state index contributed by atoms with van der Waals surface area (Å²) in [6, 6.07) is 1.29. The lowest BCUT2D eigenvalue weighted by atomic mass is 9.96. The van der Waals surface area contributed by atoms with Crippen molar-refractivity contribution in [1.82, 2.24) is 0 Å². The predicted molar refractivity (Wildman–Crippen MR) is 67.9 cm³/mol. The molecular weight excluding hydrogens is 200 g/mol. The minimum Gasteiger partial charge on any atom is -0.193 e. The van der Waals surface area contributed by atoms with E-state index >= 15 is 0 Å². The third-order valence-corrected chi connectivity index (χ3v) is 4.63. The van der Waals surface area contributed by atoms with Crippen molar-refractivity contribution in [3.05, 3.63) is 0 Å². The van der Waals surface area contributed by atoms with E-state index in [9.17, 15) is 0 Å². The highest BCUT2D eigenvalue weighted by atomic mass is 32.5. The molecule has 0 fully saturated rings. The van der Waals surface area contributed by atoms with Crippen LogP contribution in [0.4, 0.5) is 0 Å². The molecule has 0 saturated heterocycles. The smallest absolute Gasteiger partial charge is 0.153 e. The highest BCUT2D eigenvalue weighted by molar-refractivity contribution is 8.40. The molecule has 12 heavy (non-hydrogen) atoms. The van der Waals surface area contributed by atoms with Crippen molar-refractivity contribution in [2.24, 2.45) is 5.92 Å². The van der Waals surface area contributed by atoms with Crippen LogP contribution in [0.2, 0.25) is 6.04 Å². The van der Waals surface area contributed by atoms with Crippen LogP contribution in [0.15, 0.2) is 0 Å². The van der Waals surface area contributed by atoms with Crippen molar-refractivity contribution in [2.45, 2.75) is 52.0 Å². The van der Waals surface area contributed by atoms with Crippen LogP contribution in [0.1, 0.15) is 46.0 Å². The molecule has 0 aliphatic heterocycles. The molecule has 0 amide bonds. The topological polar surface area (TPSA) is 0 Å². The van der Waals surface area contributed by atoms with E-state index in [-0.39, 0.29) is 0 Å². The van der Waals surface area contributed by atoms with Crippen LogP contribution in [-0.2, 0) is 0 Å². The quantitative estimate of drug-likeness (QED) is 0.476. The van der Waals surface area contributed by atoms with E-state index in [0.29, 0.717) is 0 Å². The predicted octanol–water partition coefficient (Wildman–Crippen LogP) is 3.67. The molecule has 0 saturated carbocycles. The molecule has 0 unspecified atom stereocenters. The molecule has 0 nitrogen and oxygen atoms in total. The Labute approximate surface area is 89.2 Å². The van der Waals surface area contributed by atoms with E-state index in [1.54, 1.807) is 0 Å². The van der Waals surface area contributed by atoms with Crippen molar-refractivity contribution in [1.29, 1.82) is 0 Å². The highest BCUT2D eigenvalue weighted by Crippen LogP contribution is 2.21.